The molecule has 1 aromatic rings. The van der Waals surface area contributed by atoms with Crippen LogP contribution in [0.2, 0.25) is 0 Å². The summed E-state index contributed by atoms with van der Waals surface area (Å²) in [5.74, 6) is 1.21. The third-order valence-electron chi connectivity index (χ3n) is 3.38. The van der Waals surface area contributed by atoms with Crippen LogP contribution in [0.4, 0.5) is 18.0 Å². The van der Waals surface area contributed by atoms with Crippen molar-refractivity contribution >= 4 is 12.1 Å². The van der Waals surface area contributed by atoms with Gasteiger partial charge in [-0.15, -0.1) is 0 Å². The lowest BCUT2D eigenvalue weighted by molar-refractivity contribution is -0.0963. The van der Waals surface area contributed by atoms with Gasteiger partial charge in [0.2, 0.25) is 5.75 Å². The third kappa shape index (κ3) is 4.37. The Morgan fingerprint density at radius 1 is 1.08 bits per heavy atom. The zero-order valence-corrected chi connectivity index (χ0v) is 13.7. The molecule has 1 aliphatic heterocycles. The maximum atomic E-state index is 12.8. The molecule has 1 atom stereocenters. The molecule has 2 N–H and O–H groups in total. The molecular formula is C16H17F3N2O4. The number of halogens is 3. The van der Waals surface area contributed by atoms with Crippen molar-refractivity contribution in [1.82, 2.24) is 10.6 Å². The molecule has 0 radical (unpaired) electrons. The van der Waals surface area contributed by atoms with Gasteiger partial charge < -0.3 is 24.8 Å². The van der Waals surface area contributed by atoms with Crippen LogP contribution in [0.1, 0.15) is 5.56 Å². The van der Waals surface area contributed by atoms with Crippen LogP contribution in [-0.2, 0) is 0 Å². The number of hydrogen-bond donors (Lipinski definition) is 2. The Bertz CT molecular complexity index is 689. The van der Waals surface area contributed by atoms with E-state index in [1.165, 1.54) is 27.4 Å². The van der Waals surface area contributed by atoms with E-state index in [4.69, 9.17) is 14.2 Å². The lowest BCUT2D eigenvalue weighted by Gasteiger charge is -2.22. The fourth-order valence-corrected chi connectivity index (χ4v) is 2.25. The molecule has 0 saturated heterocycles. The van der Waals surface area contributed by atoms with Gasteiger partial charge in [0, 0.05) is 0 Å². The molecular weight excluding hydrogens is 341 g/mol. The Labute approximate surface area is 142 Å². The summed E-state index contributed by atoms with van der Waals surface area (Å²) in [7, 11) is 4.37. The van der Waals surface area contributed by atoms with E-state index >= 15 is 0 Å². The van der Waals surface area contributed by atoms with Crippen LogP contribution in [0.5, 0.6) is 17.2 Å². The van der Waals surface area contributed by atoms with E-state index in [-0.39, 0.29) is 0 Å². The van der Waals surface area contributed by atoms with Gasteiger partial charge >= 0.3 is 12.2 Å². The lowest BCUT2D eigenvalue weighted by Crippen LogP contribution is -2.48. The van der Waals surface area contributed by atoms with Crippen LogP contribution in [0.25, 0.3) is 6.08 Å². The topological polar surface area (TPSA) is 68.8 Å². The number of hydrogen-bond acceptors (Lipinski definition) is 4. The molecule has 0 fully saturated rings. The molecule has 0 aromatic heterocycles. The van der Waals surface area contributed by atoms with E-state index in [1.54, 1.807) is 23.5 Å². The largest absolute Gasteiger partial charge is 0.493 e. The van der Waals surface area contributed by atoms with E-state index in [2.05, 4.69) is 5.32 Å². The van der Waals surface area contributed by atoms with Crippen LogP contribution in [0.15, 0.2) is 30.0 Å². The average Bonchev–Trinajstić information content (AvgIpc) is 2.57. The van der Waals surface area contributed by atoms with Gasteiger partial charge in [-0.3, -0.25) is 0 Å². The molecule has 1 aromatic carbocycles. The van der Waals surface area contributed by atoms with E-state index in [9.17, 15) is 18.0 Å². The Balaban J connectivity index is 2.31. The molecule has 2 amide bonds. The summed E-state index contributed by atoms with van der Waals surface area (Å²) in [6.07, 6.45) is -0.775. The second kappa shape index (κ2) is 7.37. The first kappa shape index (κ1) is 18.5. The zero-order valence-electron chi connectivity index (χ0n) is 13.7. The van der Waals surface area contributed by atoms with Crippen LogP contribution in [-0.4, -0.2) is 39.6 Å². The number of urea groups is 1. The molecule has 25 heavy (non-hydrogen) atoms. The third-order valence-corrected chi connectivity index (χ3v) is 3.38. The van der Waals surface area contributed by atoms with Crippen LogP contribution in [0, 0.1) is 0 Å². The van der Waals surface area contributed by atoms with E-state index in [0.717, 1.165) is 6.08 Å². The summed E-state index contributed by atoms with van der Waals surface area (Å²) in [6.45, 7) is 0. The van der Waals surface area contributed by atoms with Gasteiger partial charge in [-0.05, 0) is 23.8 Å². The van der Waals surface area contributed by atoms with Crippen LogP contribution in [0.3, 0.4) is 0 Å². The number of carbonyl (C=O) groups is 1. The molecule has 0 saturated carbocycles. The highest BCUT2D eigenvalue weighted by Gasteiger charge is 2.37. The highest BCUT2D eigenvalue weighted by atomic mass is 19.4. The number of allylic oxidation sites excluding steroid dienone is 1. The molecule has 1 heterocycles. The van der Waals surface area contributed by atoms with Crippen molar-refractivity contribution in [1.29, 1.82) is 0 Å². The summed E-state index contributed by atoms with van der Waals surface area (Å²) in [5, 5.41) is 4.10. The number of nitrogens with one attached hydrogen (secondary N) is 2. The van der Waals surface area contributed by atoms with Gasteiger partial charge in [0.1, 0.15) is 5.70 Å². The fourth-order valence-electron chi connectivity index (χ4n) is 2.25. The average molecular weight is 358 g/mol. The van der Waals surface area contributed by atoms with Crippen LogP contribution >= 0.6 is 0 Å². The summed E-state index contributed by atoms with van der Waals surface area (Å²) >= 11 is 0. The first-order chi connectivity index (χ1) is 11.8. The maximum absolute atomic E-state index is 12.8. The highest BCUT2D eigenvalue weighted by Crippen LogP contribution is 2.38. The number of alkyl halides is 3. The summed E-state index contributed by atoms with van der Waals surface area (Å²) in [4.78, 5) is 11.4. The minimum atomic E-state index is -4.63. The SMILES string of the molecule is COc1cc(/C=C/[C@H]2C=C(C(F)(F)F)NC(=O)N2)cc(OC)c1OC. The molecule has 0 unspecified atom stereocenters. The van der Waals surface area contributed by atoms with E-state index in [0.29, 0.717) is 22.8 Å². The summed E-state index contributed by atoms with van der Waals surface area (Å²) < 4.78 is 53.9. The first-order valence-corrected chi connectivity index (χ1v) is 7.13. The molecule has 6 nitrogen and oxygen atoms in total. The molecule has 1 aliphatic rings. The van der Waals surface area contributed by atoms with Gasteiger partial charge in [0.25, 0.3) is 0 Å². The van der Waals surface area contributed by atoms with E-state index in [1.807, 2.05) is 0 Å². The van der Waals surface area contributed by atoms with Crippen molar-refractivity contribution in [3.8, 4) is 17.2 Å². The fraction of sp³-hybridized carbons (Fsp3) is 0.312. The quantitative estimate of drug-likeness (QED) is 0.849. The Morgan fingerprint density at radius 3 is 2.16 bits per heavy atom. The number of benzene rings is 1. The Morgan fingerprint density at radius 2 is 1.68 bits per heavy atom. The molecule has 0 spiro atoms. The Hall–Kier alpha value is -2.84. The van der Waals surface area contributed by atoms with Crippen molar-refractivity contribution in [2.24, 2.45) is 0 Å². The number of rotatable bonds is 5. The minimum Gasteiger partial charge on any atom is -0.493 e. The first-order valence-electron chi connectivity index (χ1n) is 7.13. The maximum Gasteiger partial charge on any atom is 0.431 e. The van der Waals surface area contributed by atoms with Gasteiger partial charge in [-0.25, -0.2) is 4.79 Å². The number of methoxy groups -OCH3 is 3. The monoisotopic (exact) mass is 358 g/mol. The standard InChI is InChI=1S/C16H17F3N2O4/c1-23-11-6-9(7-12(24-2)14(11)25-3)4-5-10-8-13(16(17,18)19)21-15(22)20-10/h4-8,10H,1-3H3,(H2,20,21,22)/b5-4+/t10-/m0/s1. The van der Waals surface area contributed by atoms with Crippen molar-refractivity contribution in [2.45, 2.75) is 12.2 Å². The van der Waals surface area contributed by atoms with Crippen molar-refractivity contribution in [3.05, 3.63) is 35.5 Å². The number of carbonyl (C=O) groups excluding carboxylic acids is 1. The predicted molar refractivity (Wildman–Crippen MR) is 84.7 cm³/mol. The highest BCUT2D eigenvalue weighted by molar-refractivity contribution is 5.79. The summed E-state index contributed by atoms with van der Waals surface area (Å²) in [5.41, 5.74) is -0.500. The van der Waals surface area contributed by atoms with Gasteiger partial charge in [0.15, 0.2) is 11.5 Å². The van der Waals surface area contributed by atoms with Crippen molar-refractivity contribution in [3.63, 3.8) is 0 Å². The molecule has 136 valence electrons. The molecule has 0 aliphatic carbocycles. The van der Waals surface area contributed by atoms with Crippen molar-refractivity contribution < 1.29 is 32.2 Å². The normalized spacial score (nSPS) is 17.6. The summed E-state index contributed by atoms with van der Waals surface area (Å²) in [6, 6.07) is 1.43. The lowest BCUT2D eigenvalue weighted by atomic mass is 10.1. The zero-order chi connectivity index (χ0) is 18.6. The molecule has 2 rings (SSSR count). The predicted octanol–water partition coefficient (Wildman–Crippen LogP) is 2.85. The van der Waals surface area contributed by atoms with Gasteiger partial charge in [0.05, 0.1) is 27.4 Å². The van der Waals surface area contributed by atoms with Gasteiger partial charge in [-0.2, -0.15) is 13.2 Å². The second-order valence-corrected chi connectivity index (χ2v) is 5.02. The van der Waals surface area contributed by atoms with E-state index < -0.39 is 23.9 Å². The molecule has 9 heteroatoms. The molecule has 0 bridgehead atoms. The number of ether oxygens (including phenoxy) is 3. The van der Waals surface area contributed by atoms with Crippen molar-refractivity contribution in [2.75, 3.05) is 21.3 Å². The number of amides is 2. The Kier molecular flexibility index (Phi) is 5.45. The smallest absolute Gasteiger partial charge is 0.431 e. The minimum absolute atomic E-state index is 0.400. The second-order valence-electron chi connectivity index (χ2n) is 5.02. The van der Waals surface area contributed by atoms with Gasteiger partial charge in [-0.1, -0.05) is 12.2 Å². The van der Waals surface area contributed by atoms with Crippen LogP contribution < -0.4 is 24.8 Å².